The summed E-state index contributed by atoms with van der Waals surface area (Å²) in [7, 11) is 3.49. The normalized spacial score (nSPS) is 20.0. The van der Waals surface area contributed by atoms with Gasteiger partial charge in [0.05, 0.1) is 29.2 Å². The highest BCUT2D eigenvalue weighted by molar-refractivity contribution is 6.02. The molecule has 7 heteroatoms. The van der Waals surface area contributed by atoms with Crippen LogP contribution in [0.1, 0.15) is 43.0 Å². The zero-order valence-electron chi connectivity index (χ0n) is 15.3. The van der Waals surface area contributed by atoms with E-state index in [9.17, 15) is 9.59 Å². The maximum Gasteiger partial charge on any atom is 0.253 e. The molecule has 138 valence electrons. The largest absolute Gasteiger partial charge is 0.397 e. The molecule has 0 radical (unpaired) electrons. The molecule has 1 fully saturated rings. The van der Waals surface area contributed by atoms with E-state index < -0.39 is 5.91 Å². The molecular formula is C18H29N5O2. The van der Waals surface area contributed by atoms with Gasteiger partial charge in [0.15, 0.2) is 0 Å². The summed E-state index contributed by atoms with van der Waals surface area (Å²) >= 11 is 0. The van der Waals surface area contributed by atoms with Crippen LogP contribution in [0, 0.1) is 5.92 Å². The number of nitrogens with one attached hydrogen (secondary N) is 2. The Balaban J connectivity index is 2.26. The third-order valence-electron chi connectivity index (χ3n) is 4.84. The molecule has 1 aromatic carbocycles. The van der Waals surface area contributed by atoms with Crippen LogP contribution in [-0.2, 0) is 4.79 Å². The van der Waals surface area contributed by atoms with Crippen LogP contribution in [0.25, 0.3) is 0 Å². The van der Waals surface area contributed by atoms with Gasteiger partial charge in [-0.05, 0) is 43.7 Å². The highest BCUT2D eigenvalue weighted by Crippen LogP contribution is 2.30. The van der Waals surface area contributed by atoms with Gasteiger partial charge < -0.3 is 27.0 Å². The average Bonchev–Trinajstić information content (AvgIpc) is 2.55. The molecule has 0 spiro atoms. The van der Waals surface area contributed by atoms with Gasteiger partial charge >= 0.3 is 0 Å². The van der Waals surface area contributed by atoms with Crippen LogP contribution >= 0.6 is 0 Å². The summed E-state index contributed by atoms with van der Waals surface area (Å²) in [6.45, 7) is 2.26. The fourth-order valence-electron chi connectivity index (χ4n) is 3.31. The van der Waals surface area contributed by atoms with Gasteiger partial charge in [0.25, 0.3) is 5.91 Å². The number of rotatable bonds is 6. The van der Waals surface area contributed by atoms with E-state index in [1.54, 1.807) is 31.1 Å². The van der Waals surface area contributed by atoms with Crippen LogP contribution in [0.3, 0.4) is 0 Å². The molecule has 7 nitrogen and oxygen atoms in total. The van der Waals surface area contributed by atoms with Gasteiger partial charge in [-0.2, -0.15) is 0 Å². The first-order chi connectivity index (χ1) is 11.8. The Kier molecular flexibility index (Phi) is 6.12. The van der Waals surface area contributed by atoms with Crippen LogP contribution in [0.5, 0.6) is 0 Å². The molecule has 2 amide bonds. The first-order valence-corrected chi connectivity index (χ1v) is 8.73. The predicted molar refractivity (Wildman–Crippen MR) is 102 cm³/mol. The Bertz CT molecular complexity index is 639. The summed E-state index contributed by atoms with van der Waals surface area (Å²) in [5.41, 5.74) is 13.6. The molecule has 6 N–H and O–H groups in total. The second-order valence-corrected chi connectivity index (χ2v) is 6.96. The van der Waals surface area contributed by atoms with Crippen molar-refractivity contribution in [2.24, 2.45) is 11.7 Å². The molecule has 0 aromatic heterocycles. The number of nitrogen functional groups attached to an aromatic ring is 1. The van der Waals surface area contributed by atoms with Crippen LogP contribution in [-0.4, -0.2) is 38.5 Å². The minimum Gasteiger partial charge on any atom is -0.397 e. The van der Waals surface area contributed by atoms with E-state index in [2.05, 4.69) is 17.6 Å². The molecule has 0 saturated heterocycles. The maximum atomic E-state index is 12.8. The zero-order chi connectivity index (χ0) is 18.6. The summed E-state index contributed by atoms with van der Waals surface area (Å²) in [5, 5.41) is 6.11. The molecule has 0 unspecified atom stereocenters. The molecule has 0 bridgehead atoms. The van der Waals surface area contributed by atoms with Crippen molar-refractivity contribution >= 4 is 28.9 Å². The lowest BCUT2D eigenvalue weighted by atomic mass is 9.87. The number of primary amides is 1. The number of nitrogens with zero attached hydrogens (tertiary/aromatic N) is 1. The Morgan fingerprint density at radius 1 is 1.24 bits per heavy atom. The standard InChI is InChI=1S/C18H29N5O2/c1-11-4-6-12(7-5-11)22-18(25)13-8-14(19)15(21-2)9-16(13)23(3)10-17(20)24/h8-9,11-12,21H,4-7,10,19H2,1-3H3,(H2,20,24)(H,22,25). The third-order valence-corrected chi connectivity index (χ3v) is 4.84. The number of likely N-dealkylation sites (N-methyl/N-ethyl adjacent to an activating group) is 1. The number of hydrogen-bond acceptors (Lipinski definition) is 5. The molecule has 1 saturated carbocycles. The number of hydrogen-bond donors (Lipinski definition) is 4. The third kappa shape index (κ3) is 4.78. The number of benzene rings is 1. The monoisotopic (exact) mass is 347 g/mol. The average molecular weight is 347 g/mol. The van der Waals surface area contributed by atoms with Crippen LogP contribution in [0.2, 0.25) is 0 Å². The minimum atomic E-state index is -0.460. The first kappa shape index (κ1) is 18.9. The summed E-state index contributed by atoms with van der Waals surface area (Å²) in [5.74, 6) is 0.0918. The summed E-state index contributed by atoms with van der Waals surface area (Å²) in [6, 6.07) is 3.61. The number of nitrogens with two attached hydrogens (primary N) is 2. The maximum absolute atomic E-state index is 12.8. The van der Waals surface area contributed by atoms with E-state index in [-0.39, 0.29) is 18.5 Å². The number of amides is 2. The summed E-state index contributed by atoms with van der Waals surface area (Å²) in [6.07, 6.45) is 4.23. The van der Waals surface area contributed by atoms with Gasteiger partial charge in [-0.25, -0.2) is 0 Å². The van der Waals surface area contributed by atoms with Crippen molar-refractivity contribution in [1.29, 1.82) is 0 Å². The van der Waals surface area contributed by atoms with Gasteiger partial charge in [0, 0.05) is 20.1 Å². The van der Waals surface area contributed by atoms with Gasteiger partial charge in [-0.1, -0.05) is 6.92 Å². The Hall–Kier alpha value is -2.44. The smallest absolute Gasteiger partial charge is 0.253 e. The lowest BCUT2D eigenvalue weighted by molar-refractivity contribution is -0.116. The molecule has 1 aliphatic carbocycles. The quantitative estimate of drug-likeness (QED) is 0.583. The van der Waals surface area contributed by atoms with Crippen molar-refractivity contribution in [3.8, 4) is 0 Å². The molecule has 1 aromatic rings. The Morgan fingerprint density at radius 2 is 1.88 bits per heavy atom. The molecule has 0 aliphatic heterocycles. The Morgan fingerprint density at radius 3 is 2.44 bits per heavy atom. The van der Waals surface area contributed by atoms with Crippen molar-refractivity contribution in [2.75, 3.05) is 36.6 Å². The van der Waals surface area contributed by atoms with E-state index in [1.165, 1.54) is 0 Å². The summed E-state index contributed by atoms with van der Waals surface area (Å²) < 4.78 is 0. The van der Waals surface area contributed by atoms with E-state index in [4.69, 9.17) is 11.5 Å². The molecule has 1 aliphatic rings. The van der Waals surface area contributed by atoms with Crippen molar-refractivity contribution in [3.05, 3.63) is 17.7 Å². The van der Waals surface area contributed by atoms with Gasteiger partial charge in [-0.3, -0.25) is 9.59 Å². The van der Waals surface area contributed by atoms with Gasteiger partial charge in [-0.15, -0.1) is 0 Å². The van der Waals surface area contributed by atoms with E-state index in [0.29, 0.717) is 22.6 Å². The van der Waals surface area contributed by atoms with Gasteiger partial charge in [0.2, 0.25) is 5.91 Å². The van der Waals surface area contributed by atoms with E-state index in [1.807, 2.05) is 0 Å². The van der Waals surface area contributed by atoms with Crippen molar-refractivity contribution in [1.82, 2.24) is 5.32 Å². The van der Waals surface area contributed by atoms with E-state index in [0.717, 1.165) is 31.6 Å². The van der Waals surface area contributed by atoms with Crippen molar-refractivity contribution in [3.63, 3.8) is 0 Å². The topological polar surface area (TPSA) is 113 Å². The highest BCUT2D eigenvalue weighted by atomic mass is 16.2. The lowest BCUT2D eigenvalue weighted by Crippen LogP contribution is -2.38. The molecule has 2 rings (SSSR count). The molecular weight excluding hydrogens is 318 g/mol. The number of anilines is 3. The SMILES string of the molecule is CNc1cc(N(C)CC(N)=O)c(C(=O)NC2CCC(C)CC2)cc1N. The van der Waals surface area contributed by atoms with Crippen molar-refractivity contribution < 1.29 is 9.59 Å². The van der Waals surface area contributed by atoms with Crippen LogP contribution < -0.4 is 27.0 Å². The molecule has 25 heavy (non-hydrogen) atoms. The molecule has 0 atom stereocenters. The van der Waals surface area contributed by atoms with Crippen LogP contribution in [0.15, 0.2) is 12.1 Å². The number of carbonyl (C=O) groups is 2. The number of carbonyl (C=O) groups excluding carboxylic acids is 2. The first-order valence-electron chi connectivity index (χ1n) is 8.73. The summed E-state index contributed by atoms with van der Waals surface area (Å²) in [4.78, 5) is 25.8. The second kappa shape index (κ2) is 8.09. The minimum absolute atomic E-state index is 0.0221. The fraction of sp³-hybridized carbons (Fsp3) is 0.556. The zero-order valence-corrected chi connectivity index (χ0v) is 15.3. The highest BCUT2D eigenvalue weighted by Gasteiger charge is 2.23. The van der Waals surface area contributed by atoms with E-state index >= 15 is 0 Å². The predicted octanol–water partition coefficient (Wildman–Crippen LogP) is 1.54. The van der Waals surface area contributed by atoms with Crippen molar-refractivity contribution in [2.45, 2.75) is 38.6 Å². The fourth-order valence-corrected chi connectivity index (χ4v) is 3.31. The lowest BCUT2D eigenvalue weighted by Gasteiger charge is -2.28. The molecule has 0 heterocycles. The second-order valence-electron chi connectivity index (χ2n) is 6.96. The Labute approximate surface area is 149 Å². The van der Waals surface area contributed by atoms with Crippen LogP contribution in [0.4, 0.5) is 17.1 Å². The van der Waals surface area contributed by atoms with Gasteiger partial charge in [0.1, 0.15) is 0 Å².